The summed E-state index contributed by atoms with van der Waals surface area (Å²) in [7, 11) is 0. The Hall–Kier alpha value is -1.39. The Morgan fingerprint density at radius 1 is 1.15 bits per heavy atom. The summed E-state index contributed by atoms with van der Waals surface area (Å²) in [5.74, 6) is 0.171. The van der Waals surface area contributed by atoms with Gasteiger partial charge >= 0.3 is 0 Å². The van der Waals surface area contributed by atoms with Crippen LogP contribution >= 0.6 is 0 Å². The molecule has 2 rings (SSSR count). The van der Waals surface area contributed by atoms with E-state index in [1.807, 2.05) is 36.1 Å². The molecule has 20 heavy (non-hydrogen) atoms. The van der Waals surface area contributed by atoms with Crippen molar-refractivity contribution in [1.82, 2.24) is 9.80 Å². The summed E-state index contributed by atoms with van der Waals surface area (Å²) in [5.41, 5.74) is 7.41. The molecule has 110 valence electrons. The summed E-state index contributed by atoms with van der Waals surface area (Å²) in [5, 5.41) is 0. The zero-order valence-corrected chi connectivity index (χ0v) is 12.3. The fraction of sp³-hybridized carbons (Fsp3) is 0.562. The first kappa shape index (κ1) is 15.0. The van der Waals surface area contributed by atoms with E-state index < -0.39 is 0 Å². The van der Waals surface area contributed by atoms with Crippen molar-refractivity contribution in [1.29, 1.82) is 0 Å². The molecule has 1 aliphatic rings. The number of hydrogen-bond acceptors (Lipinski definition) is 3. The molecular formula is C16H25N3O. The van der Waals surface area contributed by atoms with Gasteiger partial charge in [0.2, 0.25) is 0 Å². The largest absolute Gasteiger partial charge is 0.336 e. The molecule has 0 atom stereocenters. The third-order valence-corrected chi connectivity index (χ3v) is 3.96. The minimum absolute atomic E-state index is 0.171. The van der Waals surface area contributed by atoms with Crippen LogP contribution in [0, 0.1) is 6.92 Å². The molecule has 2 N–H and O–H groups in total. The molecule has 0 radical (unpaired) electrons. The van der Waals surface area contributed by atoms with Crippen molar-refractivity contribution in [2.45, 2.75) is 19.8 Å². The van der Waals surface area contributed by atoms with Crippen molar-refractivity contribution in [3.05, 3.63) is 35.4 Å². The predicted octanol–water partition coefficient (Wildman–Crippen LogP) is 1.49. The van der Waals surface area contributed by atoms with E-state index in [2.05, 4.69) is 4.90 Å². The summed E-state index contributed by atoms with van der Waals surface area (Å²) in [6.45, 7) is 7.47. The number of piperazine rings is 1. The molecule has 0 aromatic heterocycles. The molecule has 1 saturated heterocycles. The van der Waals surface area contributed by atoms with Gasteiger partial charge in [0.1, 0.15) is 0 Å². The molecule has 1 fully saturated rings. The molecule has 4 nitrogen and oxygen atoms in total. The van der Waals surface area contributed by atoms with Gasteiger partial charge in [0, 0.05) is 31.7 Å². The standard InChI is InChI=1S/C16H25N3O/c1-14-6-2-3-7-15(14)16(20)19-12-10-18(11-13-19)9-5-4-8-17/h2-3,6-7H,4-5,8-13,17H2,1H3. The van der Waals surface area contributed by atoms with Gasteiger partial charge in [-0.1, -0.05) is 18.2 Å². The summed E-state index contributed by atoms with van der Waals surface area (Å²) in [4.78, 5) is 16.9. The smallest absolute Gasteiger partial charge is 0.254 e. The molecule has 0 aliphatic carbocycles. The zero-order valence-electron chi connectivity index (χ0n) is 12.3. The lowest BCUT2D eigenvalue weighted by Crippen LogP contribution is -2.49. The van der Waals surface area contributed by atoms with Gasteiger partial charge in [-0.3, -0.25) is 9.69 Å². The molecule has 0 saturated carbocycles. The minimum atomic E-state index is 0.171. The van der Waals surface area contributed by atoms with E-state index in [9.17, 15) is 4.79 Å². The second kappa shape index (κ2) is 7.41. The maximum absolute atomic E-state index is 12.5. The van der Waals surface area contributed by atoms with Gasteiger partial charge in [0.05, 0.1) is 0 Å². The SMILES string of the molecule is Cc1ccccc1C(=O)N1CCN(CCCCN)CC1. The van der Waals surface area contributed by atoms with Crippen LogP contribution in [0.3, 0.4) is 0 Å². The van der Waals surface area contributed by atoms with Crippen LogP contribution in [0.2, 0.25) is 0 Å². The van der Waals surface area contributed by atoms with Gasteiger partial charge in [0.25, 0.3) is 5.91 Å². The van der Waals surface area contributed by atoms with Gasteiger partial charge in [-0.2, -0.15) is 0 Å². The van der Waals surface area contributed by atoms with Crippen LogP contribution in [0.15, 0.2) is 24.3 Å². The molecule has 1 heterocycles. The van der Waals surface area contributed by atoms with Gasteiger partial charge in [-0.15, -0.1) is 0 Å². The molecule has 0 unspecified atom stereocenters. The third-order valence-electron chi connectivity index (χ3n) is 3.96. The average Bonchev–Trinajstić information content (AvgIpc) is 2.48. The third kappa shape index (κ3) is 3.81. The second-order valence-electron chi connectivity index (χ2n) is 5.44. The summed E-state index contributed by atoms with van der Waals surface area (Å²) in [6, 6.07) is 7.83. The quantitative estimate of drug-likeness (QED) is 0.828. The molecule has 0 bridgehead atoms. The highest BCUT2D eigenvalue weighted by Gasteiger charge is 2.22. The van der Waals surface area contributed by atoms with E-state index in [-0.39, 0.29) is 5.91 Å². The zero-order chi connectivity index (χ0) is 14.4. The van der Waals surface area contributed by atoms with E-state index in [4.69, 9.17) is 5.73 Å². The molecule has 1 aliphatic heterocycles. The number of benzene rings is 1. The van der Waals surface area contributed by atoms with Crippen molar-refractivity contribution in [2.24, 2.45) is 5.73 Å². The highest BCUT2D eigenvalue weighted by atomic mass is 16.2. The fourth-order valence-corrected chi connectivity index (χ4v) is 2.64. The number of nitrogens with two attached hydrogens (primary N) is 1. The van der Waals surface area contributed by atoms with Crippen molar-refractivity contribution < 1.29 is 4.79 Å². The van der Waals surface area contributed by atoms with Crippen LogP contribution in [0.5, 0.6) is 0 Å². The van der Waals surface area contributed by atoms with Crippen molar-refractivity contribution in [3.63, 3.8) is 0 Å². The Kier molecular flexibility index (Phi) is 5.56. The van der Waals surface area contributed by atoms with E-state index in [0.717, 1.165) is 63.2 Å². The van der Waals surface area contributed by atoms with Crippen LogP contribution in [0.4, 0.5) is 0 Å². The van der Waals surface area contributed by atoms with Crippen LogP contribution in [-0.2, 0) is 0 Å². The topological polar surface area (TPSA) is 49.6 Å². The Bertz CT molecular complexity index is 439. The number of aryl methyl sites for hydroxylation is 1. The van der Waals surface area contributed by atoms with E-state index in [0.29, 0.717) is 0 Å². The molecule has 0 spiro atoms. The van der Waals surface area contributed by atoms with Crippen molar-refractivity contribution >= 4 is 5.91 Å². The summed E-state index contributed by atoms with van der Waals surface area (Å²) < 4.78 is 0. The van der Waals surface area contributed by atoms with Crippen molar-refractivity contribution in [3.8, 4) is 0 Å². The first-order valence-corrected chi connectivity index (χ1v) is 7.49. The van der Waals surface area contributed by atoms with E-state index in [1.54, 1.807) is 0 Å². The first-order chi connectivity index (χ1) is 9.72. The number of rotatable bonds is 5. The maximum atomic E-state index is 12.5. The Morgan fingerprint density at radius 3 is 2.50 bits per heavy atom. The van der Waals surface area contributed by atoms with E-state index in [1.165, 1.54) is 0 Å². The van der Waals surface area contributed by atoms with Gasteiger partial charge in [0.15, 0.2) is 0 Å². The lowest BCUT2D eigenvalue weighted by molar-refractivity contribution is 0.0635. The maximum Gasteiger partial charge on any atom is 0.254 e. The summed E-state index contributed by atoms with van der Waals surface area (Å²) in [6.07, 6.45) is 2.24. The van der Waals surface area contributed by atoms with Crippen LogP contribution in [-0.4, -0.2) is 55.0 Å². The average molecular weight is 275 g/mol. The lowest BCUT2D eigenvalue weighted by Gasteiger charge is -2.35. The van der Waals surface area contributed by atoms with E-state index >= 15 is 0 Å². The van der Waals surface area contributed by atoms with Gasteiger partial charge in [-0.05, 0) is 44.5 Å². The molecule has 1 aromatic carbocycles. The van der Waals surface area contributed by atoms with Gasteiger partial charge in [-0.25, -0.2) is 0 Å². The highest BCUT2D eigenvalue weighted by Crippen LogP contribution is 2.13. The Balaban J connectivity index is 1.85. The molecule has 4 heteroatoms. The molecular weight excluding hydrogens is 250 g/mol. The number of amides is 1. The molecule has 1 amide bonds. The van der Waals surface area contributed by atoms with Crippen LogP contribution in [0.1, 0.15) is 28.8 Å². The number of carbonyl (C=O) groups is 1. The number of unbranched alkanes of at least 4 members (excludes halogenated alkanes) is 1. The Morgan fingerprint density at radius 2 is 1.85 bits per heavy atom. The number of carbonyl (C=O) groups excluding carboxylic acids is 1. The normalized spacial score (nSPS) is 16.4. The number of nitrogens with zero attached hydrogens (tertiary/aromatic N) is 2. The minimum Gasteiger partial charge on any atom is -0.336 e. The predicted molar refractivity (Wildman–Crippen MR) is 81.8 cm³/mol. The van der Waals surface area contributed by atoms with Crippen LogP contribution < -0.4 is 5.73 Å². The summed E-state index contributed by atoms with van der Waals surface area (Å²) >= 11 is 0. The van der Waals surface area contributed by atoms with Gasteiger partial charge < -0.3 is 10.6 Å². The number of hydrogen-bond donors (Lipinski definition) is 1. The first-order valence-electron chi connectivity index (χ1n) is 7.49. The second-order valence-corrected chi connectivity index (χ2v) is 5.44. The highest BCUT2D eigenvalue weighted by molar-refractivity contribution is 5.95. The van der Waals surface area contributed by atoms with Crippen molar-refractivity contribution in [2.75, 3.05) is 39.3 Å². The van der Waals surface area contributed by atoms with Crippen LogP contribution in [0.25, 0.3) is 0 Å². The molecule has 1 aromatic rings. The monoisotopic (exact) mass is 275 g/mol. The Labute approximate surface area is 121 Å². The lowest BCUT2D eigenvalue weighted by atomic mass is 10.1. The fourth-order valence-electron chi connectivity index (χ4n) is 2.64.